The molecule has 0 atom stereocenters. The van der Waals surface area contributed by atoms with Crippen molar-refractivity contribution in [2.24, 2.45) is 0 Å². The number of furan rings is 1. The predicted octanol–water partition coefficient (Wildman–Crippen LogP) is 7.16. The number of halogens is 2. The van der Waals surface area contributed by atoms with Gasteiger partial charge in [0, 0.05) is 11.3 Å². The van der Waals surface area contributed by atoms with E-state index >= 15 is 0 Å². The zero-order valence-corrected chi connectivity index (χ0v) is 16.8. The van der Waals surface area contributed by atoms with Crippen LogP contribution in [-0.4, -0.2) is 5.91 Å². The third-order valence-corrected chi connectivity index (χ3v) is 5.14. The summed E-state index contributed by atoms with van der Waals surface area (Å²) in [6.45, 7) is 3.94. The van der Waals surface area contributed by atoms with Crippen LogP contribution in [0.5, 0.6) is 0 Å². The first kappa shape index (κ1) is 19.5. The highest BCUT2D eigenvalue weighted by atomic mass is 35.5. The van der Waals surface area contributed by atoms with Crippen LogP contribution in [0.4, 0.5) is 5.69 Å². The number of anilines is 1. The average molecular weight is 402 g/mol. The number of aryl methyl sites for hydroxylation is 2. The average Bonchev–Trinajstić information content (AvgIpc) is 3.05. The van der Waals surface area contributed by atoms with E-state index in [4.69, 9.17) is 27.6 Å². The highest BCUT2D eigenvalue weighted by Crippen LogP contribution is 2.31. The number of hydrogen-bond acceptors (Lipinski definition) is 2. The van der Waals surface area contributed by atoms with Crippen molar-refractivity contribution in [1.82, 2.24) is 0 Å². The molecule has 1 aromatic heterocycles. The van der Waals surface area contributed by atoms with Gasteiger partial charge in [0.1, 0.15) is 11.5 Å². The van der Waals surface area contributed by atoms with Crippen molar-refractivity contribution < 1.29 is 9.21 Å². The first-order chi connectivity index (χ1) is 13.0. The molecule has 140 valence electrons. The van der Waals surface area contributed by atoms with E-state index in [1.54, 1.807) is 25.1 Å². The lowest BCUT2D eigenvalue weighted by Crippen LogP contribution is -2.12. The molecular formula is C22H21Cl2NO2. The SMILES string of the molecule is CCCCc1ccc(NC(=O)c2cc(-c3ccc(Cl)c(Cl)c3)oc2C)cc1. The molecule has 5 heteroatoms. The van der Waals surface area contributed by atoms with Gasteiger partial charge < -0.3 is 9.73 Å². The normalized spacial score (nSPS) is 10.8. The Labute approximate surface area is 169 Å². The first-order valence-corrected chi connectivity index (χ1v) is 9.69. The second-order valence-corrected chi connectivity index (χ2v) is 7.28. The quantitative estimate of drug-likeness (QED) is 0.475. The van der Waals surface area contributed by atoms with Crippen LogP contribution in [0.25, 0.3) is 11.3 Å². The third kappa shape index (κ3) is 4.74. The van der Waals surface area contributed by atoms with E-state index in [1.165, 1.54) is 12.0 Å². The zero-order valence-electron chi connectivity index (χ0n) is 15.3. The van der Waals surface area contributed by atoms with Gasteiger partial charge in [-0.3, -0.25) is 4.79 Å². The number of amides is 1. The molecule has 0 saturated heterocycles. The molecule has 1 N–H and O–H groups in total. The van der Waals surface area contributed by atoms with Crippen molar-refractivity contribution >= 4 is 34.8 Å². The summed E-state index contributed by atoms with van der Waals surface area (Å²) in [7, 11) is 0. The summed E-state index contributed by atoms with van der Waals surface area (Å²) in [4.78, 5) is 12.6. The molecule has 27 heavy (non-hydrogen) atoms. The van der Waals surface area contributed by atoms with E-state index in [0.717, 1.165) is 24.1 Å². The molecule has 3 aromatic rings. The second-order valence-electron chi connectivity index (χ2n) is 6.46. The molecule has 0 bridgehead atoms. The monoisotopic (exact) mass is 401 g/mol. The fraction of sp³-hybridized carbons (Fsp3) is 0.227. The van der Waals surface area contributed by atoms with Gasteiger partial charge in [-0.25, -0.2) is 0 Å². The molecule has 0 saturated carbocycles. The molecule has 0 radical (unpaired) electrons. The van der Waals surface area contributed by atoms with Gasteiger partial charge in [-0.15, -0.1) is 0 Å². The topological polar surface area (TPSA) is 42.2 Å². The van der Waals surface area contributed by atoms with Crippen molar-refractivity contribution in [3.63, 3.8) is 0 Å². The number of carbonyl (C=O) groups excluding carboxylic acids is 1. The summed E-state index contributed by atoms with van der Waals surface area (Å²) in [5.41, 5.74) is 3.30. The van der Waals surface area contributed by atoms with Gasteiger partial charge >= 0.3 is 0 Å². The summed E-state index contributed by atoms with van der Waals surface area (Å²) >= 11 is 12.0. The smallest absolute Gasteiger partial charge is 0.259 e. The number of nitrogens with one attached hydrogen (secondary N) is 1. The number of rotatable bonds is 6. The fourth-order valence-corrected chi connectivity index (χ4v) is 3.13. The maximum atomic E-state index is 12.6. The van der Waals surface area contributed by atoms with Crippen LogP contribution in [0.2, 0.25) is 10.0 Å². The van der Waals surface area contributed by atoms with E-state index in [1.807, 2.05) is 18.2 Å². The lowest BCUT2D eigenvalue weighted by atomic mass is 10.1. The molecule has 0 aliphatic rings. The lowest BCUT2D eigenvalue weighted by Gasteiger charge is -2.06. The van der Waals surface area contributed by atoms with Gasteiger partial charge in [0.25, 0.3) is 5.91 Å². The molecule has 1 amide bonds. The summed E-state index contributed by atoms with van der Waals surface area (Å²) in [5.74, 6) is 0.920. The number of benzene rings is 2. The maximum absolute atomic E-state index is 12.6. The Balaban J connectivity index is 1.75. The van der Waals surface area contributed by atoms with Crippen LogP contribution in [0.1, 0.15) is 41.4 Å². The zero-order chi connectivity index (χ0) is 19.4. The molecule has 0 fully saturated rings. The molecule has 0 spiro atoms. The Morgan fingerprint density at radius 3 is 2.44 bits per heavy atom. The first-order valence-electron chi connectivity index (χ1n) is 8.94. The van der Waals surface area contributed by atoms with Crippen LogP contribution in [0.15, 0.2) is 52.9 Å². The van der Waals surface area contributed by atoms with Crippen LogP contribution in [0.3, 0.4) is 0 Å². The standard InChI is InChI=1S/C22H21Cl2NO2/c1-3-4-5-15-6-9-17(10-7-15)25-22(26)18-13-21(27-14(18)2)16-8-11-19(23)20(24)12-16/h6-13H,3-5H2,1-2H3,(H,25,26). The highest BCUT2D eigenvalue weighted by molar-refractivity contribution is 6.42. The van der Waals surface area contributed by atoms with Crippen LogP contribution in [0, 0.1) is 6.92 Å². The highest BCUT2D eigenvalue weighted by Gasteiger charge is 2.17. The molecule has 0 aliphatic heterocycles. The fourth-order valence-electron chi connectivity index (χ4n) is 2.83. The predicted molar refractivity (Wildman–Crippen MR) is 112 cm³/mol. The van der Waals surface area contributed by atoms with Gasteiger partial charge in [-0.05, 0) is 61.7 Å². The van der Waals surface area contributed by atoms with E-state index in [0.29, 0.717) is 27.1 Å². The molecule has 3 rings (SSSR count). The van der Waals surface area contributed by atoms with Crippen LogP contribution in [-0.2, 0) is 6.42 Å². The summed E-state index contributed by atoms with van der Waals surface area (Å²) in [6, 6.07) is 14.9. The van der Waals surface area contributed by atoms with Crippen molar-refractivity contribution in [3.8, 4) is 11.3 Å². The number of hydrogen-bond donors (Lipinski definition) is 1. The van der Waals surface area contributed by atoms with Crippen molar-refractivity contribution in [1.29, 1.82) is 0 Å². The Hall–Kier alpha value is -2.23. The van der Waals surface area contributed by atoms with Gasteiger partial charge in [0.15, 0.2) is 0 Å². The van der Waals surface area contributed by atoms with E-state index in [2.05, 4.69) is 24.4 Å². The Kier molecular flexibility index (Phi) is 6.25. The summed E-state index contributed by atoms with van der Waals surface area (Å²) in [6.07, 6.45) is 3.38. The van der Waals surface area contributed by atoms with E-state index < -0.39 is 0 Å². The van der Waals surface area contributed by atoms with Gasteiger partial charge in [0.05, 0.1) is 15.6 Å². The van der Waals surface area contributed by atoms with Crippen molar-refractivity contribution in [2.45, 2.75) is 33.1 Å². The second kappa shape index (κ2) is 8.64. The van der Waals surface area contributed by atoms with Gasteiger partial charge in [-0.1, -0.05) is 48.7 Å². The van der Waals surface area contributed by atoms with Gasteiger partial charge in [-0.2, -0.15) is 0 Å². The largest absolute Gasteiger partial charge is 0.461 e. The minimum Gasteiger partial charge on any atom is -0.461 e. The molecule has 2 aromatic carbocycles. The van der Waals surface area contributed by atoms with E-state index in [9.17, 15) is 4.79 Å². The molecule has 0 aliphatic carbocycles. The summed E-state index contributed by atoms with van der Waals surface area (Å²) < 4.78 is 5.76. The maximum Gasteiger partial charge on any atom is 0.259 e. The molecule has 0 unspecified atom stereocenters. The van der Waals surface area contributed by atoms with Crippen LogP contribution >= 0.6 is 23.2 Å². The minimum atomic E-state index is -0.205. The van der Waals surface area contributed by atoms with Crippen molar-refractivity contribution in [3.05, 3.63) is 75.5 Å². The Morgan fingerprint density at radius 1 is 1.04 bits per heavy atom. The number of carbonyl (C=O) groups is 1. The summed E-state index contributed by atoms with van der Waals surface area (Å²) in [5, 5.41) is 3.84. The van der Waals surface area contributed by atoms with E-state index in [-0.39, 0.29) is 5.91 Å². The number of unbranched alkanes of at least 4 members (excludes halogenated alkanes) is 1. The van der Waals surface area contributed by atoms with Crippen molar-refractivity contribution in [2.75, 3.05) is 5.32 Å². The third-order valence-electron chi connectivity index (χ3n) is 4.40. The molecule has 1 heterocycles. The Morgan fingerprint density at radius 2 is 1.78 bits per heavy atom. The molecule has 3 nitrogen and oxygen atoms in total. The minimum absolute atomic E-state index is 0.205. The molecular weight excluding hydrogens is 381 g/mol. The van der Waals surface area contributed by atoms with Crippen LogP contribution < -0.4 is 5.32 Å². The van der Waals surface area contributed by atoms with Gasteiger partial charge in [0.2, 0.25) is 0 Å². The Bertz CT molecular complexity index is 945. The lowest BCUT2D eigenvalue weighted by molar-refractivity contribution is 0.102.